The van der Waals surface area contributed by atoms with Gasteiger partial charge < -0.3 is 10.3 Å². The Labute approximate surface area is 65.6 Å². The van der Waals surface area contributed by atoms with Crippen LogP contribution in [0.5, 0.6) is 0 Å². The maximum absolute atomic E-state index is 5.41. The highest BCUT2D eigenvalue weighted by Crippen LogP contribution is 2.41. The fraction of sp³-hybridized carbons (Fsp3) is 0.625. The molecule has 1 aliphatic rings. The summed E-state index contributed by atoms with van der Waals surface area (Å²) in [6.45, 7) is 2.18. The Bertz CT molecular complexity index is 252. The van der Waals surface area contributed by atoms with Crippen molar-refractivity contribution in [2.45, 2.75) is 25.7 Å². The molecule has 1 aromatic rings. The van der Waals surface area contributed by atoms with Gasteiger partial charge in [-0.05, 0) is 18.8 Å². The van der Waals surface area contributed by atoms with Crippen molar-refractivity contribution < 1.29 is 4.52 Å². The molecule has 60 valence electrons. The topological polar surface area (TPSA) is 52.0 Å². The van der Waals surface area contributed by atoms with Gasteiger partial charge in [0.05, 0.1) is 5.69 Å². The second-order valence-corrected chi connectivity index (χ2v) is 3.28. The summed E-state index contributed by atoms with van der Waals surface area (Å²) in [7, 11) is 0. The van der Waals surface area contributed by atoms with Gasteiger partial charge in [0.1, 0.15) is 0 Å². The van der Waals surface area contributed by atoms with E-state index < -0.39 is 0 Å². The molecular weight excluding hydrogens is 140 g/mol. The van der Waals surface area contributed by atoms with Crippen LogP contribution in [0.3, 0.4) is 0 Å². The molecule has 0 bridgehead atoms. The highest BCUT2D eigenvalue weighted by Gasteiger charge is 2.30. The zero-order chi connectivity index (χ0) is 7.84. The van der Waals surface area contributed by atoms with Crippen LogP contribution in [-0.2, 0) is 0 Å². The van der Waals surface area contributed by atoms with Crippen molar-refractivity contribution >= 4 is 5.88 Å². The van der Waals surface area contributed by atoms with E-state index in [9.17, 15) is 0 Å². The average Bonchev–Trinajstić information content (AvgIpc) is 2.74. The SMILES string of the molecule is CC(c1cc(N)on1)C1CC1. The number of hydrogen-bond donors (Lipinski definition) is 1. The molecule has 1 saturated carbocycles. The minimum Gasteiger partial charge on any atom is -0.368 e. The fourth-order valence-electron chi connectivity index (χ4n) is 1.36. The lowest BCUT2D eigenvalue weighted by atomic mass is 10.0. The van der Waals surface area contributed by atoms with Gasteiger partial charge in [0.15, 0.2) is 0 Å². The van der Waals surface area contributed by atoms with Crippen LogP contribution in [0.1, 0.15) is 31.4 Å². The third-order valence-corrected chi connectivity index (χ3v) is 2.34. The lowest BCUT2D eigenvalue weighted by molar-refractivity contribution is 0.417. The second kappa shape index (κ2) is 2.26. The van der Waals surface area contributed by atoms with Crippen molar-refractivity contribution in [3.63, 3.8) is 0 Å². The molecule has 1 atom stereocenters. The second-order valence-electron chi connectivity index (χ2n) is 3.28. The van der Waals surface area contributed by atoms with Crippen molar-refractivity contribution in [1.29, 1.82) is 0 Å². The first-order valence-corrected chi connectivity index (χ1v) is 3.99. The van der Waals surface area contributed by atoms with Crippen molar-refractivity contribution in [2.75, 3.05) is 5.73 Å². The first kappa shape index (κ1) is 6.70. The summed E-state index contributed by atoms with van der Waals surface area (Å²) in [5, 5.41) is 3.88. The van der Waals surface area contributed by atoms with Crippen LogP contribution < -0.4 is 5.73 Å². The van der Waals surface area contributed by atoms with E-state index in [1.165, 1.54) is 12.8 Å². The molecule has 1 aromatic heterocycles. The molecule has 0 aliphatic heterocycles. The number of hydrogen-bond acceptors (Lipinski definition) is 3. The maximum atomic E-state index is 5.41. The predicted molar refractivity (Wildman–Crippen MR) is 42.1 cm³/mol. The number of rotatable bonds is 2. The summed E-state index contributed by atoms with van der Waals surface area (Å²) < 4.78 is 4.79. The summed E-state index contributed by atoms with van der Waals surface area (Å²) >= 11 is 0. The van der Waals surface area contributed by atoms with Crippen LogP contribution in [0.25, 0.3) is 0 Å². The molecule has 1 aliphatic carbocycles. The van der Waals surface area contributed by atoms with E-state index in [2.05, 4.69) is 12.1 Å². The Morgan fingerprint density at radius 3 is 2.91 bits per heavy atom. The molecule has 1 heterocycles. The standard InChI is InChI=1S/C8H12N2O/c1-5(6-2-3-6)7-4-8(9)11-10-7/h4-6H,2-3,9H2,1H3. The van der Waals surface area contributed by atoms with Gasteiger partial charge in [-0.15, -0.1) is 0 Å². The number of nitrogens with two attached hydrogens (primary N) is 1. The minimum atomic E-state index is 0.424. The largest absolute Gasteiger partial charge is 0.368 e. The lowest BCUT2D eigenvalue weighted by Gasteiger charge is -2.02. The van der Waals surface area contributed by atoms with Gasteiger partial charge >= 0.3 is 0 Å². The Kier molecular flexibility index (Phi) is 1.37. The molecular formula is C8H12N2O. The number of nitrogen functional groups attached to an aromatic ring is 1. The summed E-state index contributed by atoms with van der Waals surface area (Å²) in [4.78, 5) is 0. The number of nitrogens with zero attached hydrogens (tertiary/aromatic N) is 1. The van der Waals surface area contributed by atoms with Gasteiger partial charge in [0.2, 0.25) is 5.88 Å². The van der Waals surface area contributed by atoms with Crippen LogP contribution in [0, 0.1) is 5.92 Å². The lowest BCUT2D eigenvalue weighted by Crippen LogP contribution is -1.94. The Morgan fingerprint density at radius 2 is 2.45 bits per heavy atom. The fourth-order valence-corrected chi connectivity index (χ4v) is 1.36. The zero-order valence-corrected chi connectivity index (χ0v) is 6.58. The molecule has 2 rings (SSSR count). The van der Waals surface area contributed by atoms with Crippen LogP contribution in [0.2, 0.25) is 0 Å². The summed E-state index contributed by atoms with van der Waals surface area (Å²) in [5.74, 6) is 1.77. The van der Waals surface area contributed by atoms with E-state index in [1.54, 1.807) is 0 Å². The molecule has 0 spiro atoms. The maximum Gasteiger partial charge on any atom is 0.222 e. The molecule has 1 unspecified atom stereocenters. The smallest absolute Gasteiger partial charge is 0.222 e. The van der Waals surface area contributed by atoms with Crippen LogP contribution in [-0.4, -0.2) is 5.16 Å². The van der Waals surface area contributed by atoms with Gasteiger partial charge in [-0.25, -0.2) is 0 Å². The Balaban J connectivity index is 2.14. The molecule has 0 aromatic carbocycles. The molecule has 0 radical (unpaired) electrons. The predicted octanol–water partition coefficient (Wildman–Crippen LogP) is 1.77. The third kappa shape index (κ3) is 1.23. The molecule has 1 fully saturated rings. The molecule has 3 heteroatoms. The van der Waals surface area contributed by atoms with Crippen LogP contribution in [0.15, 0.2) is 10.6 Å². The number of anilines is 1. The summed E-state index contributed by atoms with van der Waals surface area (Å²) in [6, 6.07) is 1.82. The van der Waals surface area contributed by atoms with Gasteiger partial charge in [-0.2, -0.15) is 0 Å². The molecule has 3 nitrogen and oxygen atoms in total. The summed E-state index contributed by atoms with van der Waals surface area (Å²) in [5.41, 5.74) is 6.41. The van der Waals surface area contributed by atoms with Gasteiger partial charge in [-0.1, -0.05) is 12.1 Å². The molecule has 0 amide bonds. The Hall–Kier alpha value is -0.990. The number of aromatic nitrogens is 1. The Morgan fingerprint density at radius 1 is 1.73 bits per heavy atom. The highest BCUT2D eigenvalue weighted by molar-refractivity contribution is 5.26. The zero-order valence-electron chi connectivity index (χ0n) is 6.58. The van der Waals surface area contributed by atoms with E-state index in [0.717, 1.165) is 11.6 Å². The van der Waals surface area contributed by atoms with E-state index >= 15 is 0 Å². The average molecular weight is 152 g/mol. The van der Waals surface area contributed by atoms with Gasteiger partial charge in [-0.3, -0.25) is 0 Å². The van der Waals surface area contributed by atoms with Crippen molar-refractivity contribution in [2.24, 2.45) is 5.92 Å². The first-order chi connectivity index (χ1) is 5.27. The van der Waals surface area contributed by atoms with Crippen molar-refractivity contribution in [1.82, 2.24) is 5.16 Å². The monoisotopic (exact) mass is 152 g/mol. The van der Waals surface area contributed by atoms with E-state index in [1.807, 2.05) is 6.07 Å². The minimum absolute atomic E-state index is 0.424. The first-order valence-electron chi connectivity index (χ1n) is 3.99. The quantitative estimate of drug-likeness (QED) is 0.702. The van der Waals surface area contributed by atoms with Crippen LogP contribution >= 0.6 is 0 Å². The van der Waals surface area contributed by atoms with Crippen molar-refractivity contribution in [3.05, 3.63) is 11.8 Å². The van der Waals surface area contributed by atoms with Crippen LogP contribution in [0.4, 0.5) is 5.88 Å². The van der Waals surface area contributed by atoms with Gasteiger partial charge in [0, 0.05) is 12.0 Å². The highest BCUT2D eigenvalue weighted by atomic mass is 16.5. The van der Waals surface area contributed by atoms with E-state index in [0.29, 0.717) is 11.8 Å². The summed E-state index contributed by atoms with van der Waals surface area (Å²) in [6.07, 6.45) is 2.65. The van der Waals surface area contributed by atoms with Crippen molar-refractivity contribution in [3.8, 4) is 0 Å². The van der Waals surface area contributed by atoms with Gasteiger partial charge in [0.25, 0.3) is 0 Å². The normalized spacial score (nSPS) is 20.1. The van der Waals surface area contributed by atoms with E-state index in [-0.39, 0.29) is 0 Å². The van der Waals surface area contributed by atoms with E-state index in [4.69, 9.17) is 10.3 Å². The molecule has 2 N–H and O–H groups in total. The third-order valence-electron chi connectivity index (χ3n) is 2.34. The molecule has 0 saturated heterocycles. The molecule has 11 heavy (non-hydrogen) atoms.